The number of nitrogens with one attached hydrogen (secondary N) is 2. The van der Waals surface area contributed by atoms with Crippen LogP contribution < -0.4 is 15.4 Å². The number of carbonyl (C=O) groups excluding carboxylic acids is 1. The topological polar surface area (TPSA) is 50.4 Å². The van der Waals surface area contributed by atoms with Gasteiger partial charge < -0.3 is 15.4 Å². The van der Waals surface area contributed by atoms with Gasteiger partial charge in [-0.2, -0.15) is 11.8 Å². The second-order valence-electron chi connectivity index (χ2n) is 4.63. The van der Waals surface area contributed by atoms with Gasteiger partial charge in [0.1, 0.15) is 5.75 Å². The quantitative estimate of drug-likeness (QED) is 0.856. The number of methoxy groups -OCH3 is 1. The van der Waals surface area contributed by atoms with Crippen LogP contribution in [0.4, 0.5) is 0 Å². The molecule has 1 fully saturated rings. The van der Waals surface area contributed by atoms with Gasteiger partial charge in [-0.05, 0) is 12.1 Å². The summed E-state index contributed by atoms with van der Waals surface area (Å²) in [6.45, 7) is 1.36. The molecule has 1 aromatic carbocycles. The van der Waals surface area contributed by atoms with Crippen molar-refractivity contribution in [1.82, 2.24) is 10.6 Å². The van der Waals surface area contributed by atoms with E-state index in [0.717, 1.165) is 23.6 Å². The van der Waals surface area contributed by atoms with Gasteiger partial charge in [0, 0.05) is 47.6 Å². The van der Waals surface area contributed by atoms with Gasteiger partial charge in [-0.25, -0.2) is 0 Å². The highest BCUT2D eigenvalue weighted by Crippen LogP contribution is 2.25. The molecule has 2 rings (SSSR count). The standard InChI is InChI=1S/C14H19ClN2O2S.ClH/c1-19-13-4-2-3-12(15)11(13)8-17-14(18)7-10-9-20-6-5-16-10;/h2-4,10,16H,5-9H2,1H3,(H,17,18);1H. The Hall–Kier alpha value is -0.620. The Morgan fingerprint density at radius 1 is 1.57 bits per heavy atom. The molecule has 7 heteroatoms. The molecule has 1 amide bonds. The van der Waals surface area contributed by atoms with Gasteiger partial charge in [-0.1, -0.05) is 17.7 Å². The lowest BCUT2D eigenvalue weighted by atomic mass is 10.2. The summed E-state index contributed by atoms with van der Waals surface area (Å²) >= 11 is 8.02. The van der Waals surface area contributed by atoms with Crippen LogP contribution in [-0.4, -0.2) is 37.1 Å². The van der Waals surface area contributed by atoms with E-state index in [-0.39, 0.29) is 24.4 Å². The van der Waals surface area contributed by atoms with Gasteiger partial charge in [-0.15, -0.1) is 12.4 Å². The van der Waals surface area contributed by atoms with Gasteiger partial charge >= 0.3 is 0 Å². The third kappa shape index (κ3) is 5.58. The Bertz CT molecular complexity index is 468. The molecular weight excluding hydrogens is 331 g/mol. The highest BCUT2D eigenvalue weighted by molar-refractivity contribution is 7.99. The first-order valence-electron chi connectivity index (χ1n) is 6.60. The Kier molecular flexibility index (Phi) is 8.26. The van der Waals surface area contributed by atoms with Crippen molar-refractivity contribution in [3.8, 4) is 5.75 Å². The molecule has 1 unspecified atom stereocenters. The SMILES string of the molecule is COc1cccc(Cl)c1CNC(=O)CC1CSCCN1.Cl. The first-order chi connectivity index (χ1) is 9.70. The van der Waals surface area contributed by atoms with E-state index in [1.54, 1.807) is 13.2 Å². The van der Waals surface area contributed by atoms with Crippen molar-refractivity contribution in [1.29, 1.82) is 0 Å². The Balaban J connectivity index is 0.00000220. The van der Waals surface area contributed by atoms with Crippen LogP contribution in [0.2, 0.25) is 5.02 Å². The minimum Gasteiger partial charge on any atom is -0.496 e. The maximum Gasteiger partial charge on any atom is 0.221 e. The molecule has 0 saturated carbocycles. The van der Waals surface area contributed by atoms with E-state index in [9.17, 15) is 4.79 Å². The lowest BCUT2D eigenvalue weighted by molar-refractivity contribution is -0.121. The minimum absolute atomic E-state index is 0. The summed E-state index contributed by atoms with van der Waals surface area (Å²) in [6, 6.07) is 5.73. The molecule has 0 radical (unpaired) electrons. The zero-order chi connectivity index (χ0) is 14.4. The van der Waals surface area contributed by atoms with E-state index >= 15 is 0 Å². The van der Waals surface area contributed by atoms with Gasteiger partial charge in [0.15, 0.2) is 0 Å². The summed E-state index contributed by atoms with van der Waals surface area (Å²) in [5, 5.41) is 6.87. The van der Waals surface area contributed by atoms with Crippen molar-refractivity contribution in [2.75, 3.05) is 25.2 Å². The van der Waals surface area contributed by atoms with E-state index in [4.69, 9.17) is 16.3 Å². The average molecular weight is 351 g/mol. The highest BCUT2D eigenvalue weighted by Gasteiger charge is 2.17. The first-order valence-corrected chi connectivity index (χ1v) is 8.13. The molecule has 0 aliphatic carbocycles. The number of hydrogen-bond donors (Lipinski definition) is 2. The summed E-state index contributed by atoms with van der Waals surface area (Å²) < 4.78 is 5.26. The van der Waals surface area contributed by atoms with E-state index in [2.05, 4.69) is 10.6 Å². The average Bonchev–Trinajstić information content (AvgIpc) is 2.46. The molecule has 1 atom stereocenters. The summed E-state index contributed by atoms with van der Waals surface area (Å²) in [7, 11) is 1.60. The molecule has 1 aliphatic heterocycles. The number of hydrogen-bond acceptors (Lipinski definition) is 4. The van der Waals surface area contributed by atoms with Crippen LogP contribution in [-0.2, 0) is 11.3 Å². The smallest absolute Gasteiger partial charge is 0.221 e. The summed E-state index contributed by atoms with van der Waals surface area (Å²) in [5.74, 6) is 2.84. The number of thioether (sulfide) groups is 1. The molecule has 1 aliphatic rings. The van der Waals surface area contributed by atoms with E-state index in [1.165, 1.54) is 0 Å². The lowest BCUT2D eigenvalue weighted by Gasteiger charge is -2.22. The van der Waals surface area contributed by atoms with Crippen molar-refractivity contribution < 1.29 is 9.53 Å². The van der Waals surface area contributed by atoms with Gasteiger partial charge in [0.2, 0.25) is 5.91 Å². The number of carbonyl (C=O) groups is 1. The Labute approximate surface area is 140 Å². The zero-order valence-corrected chi connectivity index (χ0v) is 14.2. The lowest BCUT2D eigenvalue weighted by Crippen LogP contribution is -2.41. The minimum atomic E-state index is 0. The molecule has 0 bridgehead atoms. The van der Waals surface area contributed by atoms with E-state index in [1.807, 2.05) is 23.9 Å². The van der Waals surface area contributed by atoms with E-state index < -0.39 is 0 Å². The van der Waals surface area contributed by atoms with Crippen LogP contribution in [0.5, 0.6) is 5.75 Å². The fraction of sp³-hybridized carbons (Fsp3) is 0.500. The van der Waals surface area contributed by atoms with Crippen molar-refractivity contribution in [3.05, 3.63) is 28.8 Å². The van der Waals surface area contributed by atoms with Gasteiger partial charge in [-0.3, -0.25) is 4.79 Å². The van der Waals surface area contributed by atoms with Crippen LogP contribution in [0, 0.1) is 0 Å². The van der Waals surface area contributed by atoms with Crippen LogP contribution in [0.15, 0.2) is 18.2 Å². The number of ether oxygens (including phenoxy) is 1. The molecule has 1 heterocycles. The fourth-order valence-electron chi connectivity index (χ4n) is 2.14. The molecule has 4 nitrogen and oxygen atoms in total. The van der Waals surface area contributed by atoms with Crippen LogP contribution in [0.25, 0.3) is 0 Å². The molecular formula is C14H20Cl2N2O2S. The summed E-state index contributed by atoms with van der Waals surface area (Å²) in [5.41, 5.74) is 0.816. The Morgan fingerprint density at radius 2 is 2.38 bits per heavy atom. The third-order valence-corrected chi connectivity index (χ3v) is 4.67. The second-order valence-corrected chi connectivity index (χ2v) is 6.18. The molecule has 0 spiro atoms. The number of amides is 1. The third-order valence-electron chi connectivity index (χ3n) is 3.19. The van der Waals surface area contributed by atoms with Crippen molar-refractivity contribution in [3.63, 3.8) is 0 Å². The maximum absolute atomic E-state index is 12.0. The molecule has 0 aromatic heterocycles. The van der Waals surface area contributed by atoms with Crippen LogP contribution in [0.3, 0.4) is 0 Å². The maximum atomic E-state index is 12.0. The van der Waals surface area contributed by atoms with Gasteiger partial charge in [0.25, 0.3) is 0 Å². The van der Waals surface area contributed by atoms with Crippen LogP contribution >= 0.6 is 35.8 Å². The predicted octanol–water partition coefficient (Wildman–Crippen LogP) is 2.48. The monoisotopic (exact) mass is 350 g/mol. The van der Waals surface area contributed by atoms with Crippen molar-refractivity contribution in [2.45, 2.75) is 19.0 Å². The fourth-order valence-corrected chi connectivity index (χ4v) is 3.32. The normalized spacial score (nSPS) is 17.7. The molecule has 118 valence electrons. The largest absolute Gasteiger partial charge is 0.496 e. The van der Waals surface area contributed by atoms with Crippen molar-refractivity contribution in [2.24, 2.45) is 0 Å². The number of benzene rings is 1. The highest BCUT2D eigenvalue weighted by atomic mass is 35.5. The summed E-state index contributed by atoms with van der Waals surface area (Å²) in [4.78, 5) is 12.0. The molecule has 1 saturated heterocycles. The molecule has 2 N–H and O–H groups in total. The Morgan fingerprint density at radius 3 is 3.05 bits per heavy atom. The number of rotatable bonds is 5. The van der Waals surface area contributed by atoms with Crippen molar-refractivity contribution >= 4 is 41.7 Å². The van der Waals surface area contributed by atoms with Gasteiger partial charge in [0.05, 0.1) is 7.11 Å². The van der Waals surface area contributed by atoms with E-state index in [0.29, 0.717) is 23.7 Å². The summed E-state index contributed by atoms with van der Waals surface area (Å²) in [6.07, 6.45) is 0.500. The predicted molar refractivity (Wildman–Crippen MR) is 90.8 cm³/mol. The molecule has 21 heavy (non-hydrogen) atoms. The second kappa shape index (κ2) is 9.41. The van der Waals surface area contributed by atoms with Crippen LogP contribution in [0.1, 0.15) is 12.0 Å². The number of halogens is 2. The molecule has 1 aromatic rings. The zero-order valence-electron chi connectivity index (χ0n) is 11.9. The first kappa shape index (κ1) is 18.4.